The standard InChI is InChI=1S/C18H20ClNO4/c1-4-9-24-13-7-5-12(6-8-13)18(21)20-15-10-14(19)16(22-2)11-17(15)23-3/h5-8,10-11H,4,9H2,1-3H3,(H,20,21). The van der Waals surface area contributed by atoms with E-state index in [1.54, 1.807) is 36.4 Å². The van der Waals surface area contributed by atoms with E-state index in [9.17, 15) is 4.79 Å². The fourth-order valence-electron chi connectivity index (χ4n) is 2.07. The second kappa shape index (κ2) is 8.45. The number of halogens is 1. The molecule has 0 radical (unpaired) electrons. The lowest BCUT2D eigenvalue weighted by Crippen LogP contribution is -2.12. The van der Waals surface area contributed by atoms with Crippen LogP contribution in [0.3, 0.4) is 0 Å². The Hall–Kier alpha value is -2.40. The Morgan fingerprint density at radius 2 is 1.75 bits per heavy atom. The van der Waals surface area contributed by atoms with Crippen molar-refractivity contribution in [1.82, 2.24) is 0 Å². The maximum Gasteiger partial charge on any atom is 0.255 e. The van der Waals surface area contributed by atoms with E-state index in [1.807, 2.05) is 6.92 Å². The maximum atomic E-state index is 12.4. The summed E-state index contributed by atoms with van der Waals surface area (Å²) in [5, 5.41) is 3.17. The number of carbonyl (C=O) groups is 1. The lowest BCUT2D eigenvalue weighted by molar-refractivity contribution is 0.102. The van der Waals surface area contributed by atoms with Gasteiger partial charge in [0.05, 0.1) is 31.5 Å². The van der Waals surface area contributed by atoms with E-state index in [0.29, 0.717) is 34.4 Å². The van der Waals surface area contributed by atoms with Crippen LogP contribution in [-0.2, 0) is 0 Å². The number of anilines is 1. The first-order chi connectivity index (χ1) is 11.6. The van der Waals surface area contributed by atoms with Crippen LogP contribution in [0.1, 0.15) is 23.7 Å². The van der Waals surface area contributed by atoms with E-state index in [-0.39, 0.29) is 5.91 Å². The molecule has 2 aromatic rings. The van der Waals surface area contributed by atoms with Crippen LogP contribution < -0.4 is 19.5 Å². The largest absolute Gasteiger partial charge is 0.495 e. The van der Waals surface area contributed by atoms with Gasteiger partial charge in [0.1, 0.15) is 17.2 Å². The minimum atomic E-state index is -0.267. The highest BCUT2D eigenvalue weighted by Crippen LogP contribution is 2.36. The van der Waals surface area contributed by atoms with Gasteiger partial charge in [-0.2, -0.15) is 0 Å². The number of amides is 1. The molecule has 5 nitrogen and oxygen atoms in total. The summed E-state index contributed by atoms with van der Waals surface area (Å²) in [6.07, 6.45) is 0.931. The Morgan fingerprint density at radius 1 is 1.08 bits per heavy atom. The van der Waals surface area contributed by atoms with E-state index in [1.165, 1.54) is 14.2 Å². The highest BCUT2D eigenvalue weighted by Gasteiger charge is 2.13. The minimum Gasteiger partial charge on any atom is -0.495 e. The minimum absolute atomic E-state index is 0.267. The number of nitrogens with one attached hydrogen (secondary N) is 1. The molecule has 0 heterocycles. The summed E-state index contributed by atoms with van der Waals surface area (Å²) in [5.74, 6) is 1.41. The molecule has 0 aromatic heterocycles. The Balaban J connectivity index is 2.15. The average molecular weight is 350 g/mol. The van der Waals surface area contributed by atoms with Crippen molar-refractivity contribution in [3.05, 3.63) is 47.0 Å². The molecule has 0 saturated heterocycles. The fraction of sp³-hybridized carbons (Fsp3) is 0.278. The van der Waals surface area contributed by atoms with E-state index < -0.39 is 0 Å². The van der Waals surface area contributed by atoms with Gasteiger partial charge in [-0.15, -0.1) is 0 Å². The summed E-state index contributed by atoms with van der Waals surface area (Å²) in [4.78, 5) is 12.4. The van der Waals surface area contributed by atoms with Gasteiger partial charge in [-0.05, 0) is 36.8 Å². The summed E-state index contributed by atoms with van der Waals surface area (Å²) in [6.45, 7) is 2.68. The van der Waals surface area contributed by atoms with Crippen LogP contribution in [0.25, 0.3) is 0 Å². The van der Waals surface area contributed by atoms with Crippen LogP contribution in [0.15, 0.2) is 36.4 Å². The molecular formula is C18H20ClNO4. The van der Waals surface area contributed by atoms with Crippen molar-refractivity contribution in [3.8, 4) is 17.2 Å². The summed E-state index contributed by atoms with van der Waals surface area (Å²) < 4.78 is 15.9. The van der Waals surface area contributed by atoms with E-state index >= 15 is 0 Å². The van der Waals surface area contributed by atoms with Gasteiger partial charge < -0.3 is 19.5 Å². The Labute approximate surface area is 146 Å². The fourth-order valence-corrected chi connectivity index (χ4v) is 2.32. The summed E-state index contributed by atoms with van der Waals surface area (Å²) in [5.41, 5.74) is 0.979. The van der Waals surface area contributed by atoms with E-state index in [0.717, 1.165) is 12.2 Å². The van der Waals surface area contributed by atoms with Crippen LogP contribution in [-0.4, -0.2) is 26.7 Å². The van der Waals surface area contributed by atoms with Gasteiger partial charge in [-0.1, -0.05) is 18.5 Å². The predicted molar refractivity (Wildman–Crippen MR) is 94.7 cm³/mol. The number of benzene rings is 2. The van der Waals surface area contributed by atoms with Crippen molar-refractivity contribution >= 4 is 23.2 Å². The quantitative estimate of drug-likeness (QED) is 0.805. The smallest absolute Gasteiger partial charge is 0.255 e. The van der Waals surface area contributed by atoms with Gasteiger partial charge >= 0.3 is 0 Å². The zero-order valence-corrected chi connectivity index (χ0v) is 14.6. The molecule has 0 aliphatic carbocycles. The predicted octanol–water partition coefficient (Wildman–Crippen LogP) is 4.40. The highest BCUT2D eigenvalue weighted by molar-refractivity contribution is 6.32. The molecule has 128 valence electrons. The van der Waals surface area contributed by atoms with E-state index in [4.69, 9.17) is 25.8 Å². The number of hydrogen-bond donors (Lipinski definition) is 1. The van der Waals surface area contributed by atoms with Crippen LogP contribution in [0.4, 0.5) is 5.69 Å². The summed E-state index contributed by atoms with van der Waals surface area (Å²) in [6, 6.07) is 10.2. The molecule has 0 aliphatic rings. The van der Waals surface area contributed by atoms with Crippen molar-refractivity contribution in [3.63, 3.8) is 0 Å². The van der Waals surface area contributed by atoms with Gasteiger partial charge in [-0.25, -0.2) is 0 Å². The number of methoxy groups -OCH3 is 2. The van der Waals surface area contributed by atoms with Crippen molar-refractivity contribution in [2.45, 2.75) is 13.3 Å². The maximum absolute atomic E-state index is 12.4. The Morgan fingerprint density at radius 3 is 2.33 bits per heavy atom. The molecule has 2 aromatic carbocycles. The molecule has 0 unspecified atom stereocenters. The molecule has 0 saturated carbocycles. The SMILES string of the molecule is CCCOc1ccc(C(=O)Nc2cc(Cl)c(OC)cc2OC)cc1. The van der Waals surface area contributed by atoms with Crippen LogP contribution in [0, 0.1) is 0 Å². The van der Waals surface area contributed by atoms with Gasteiger partial charge in [0, 0.05) is 11.6 Å². The Kier molecular flexibility index (Phi) is 6.32. The third kappa shape index (κ3) is 4.32. The number of rotatable bonds is 7. The molecule has 6 heteroatoms. The number of hydrogen-bond acceptors (Lipinski definition) is 4. The number of ether oxygens (including phenoxy) is 3. The third-order valence-corrected chi connectivity index (χ3v) is 3.61. The van der Waals surface area contributed by atoms with Crippen molar-refractivity contribution in [1.29, 1.82) is 0 Å². The Bertz CT molecular complexity index is 701. The molecule has 24 heavy (non-hydrogen) atoms. The normalized spacial score (nSPS) is 10.2. The number of carbonyl (C=O) groups excluding carboxylic acids is 1. The van der Waals surface area contributed by atoms with Crippen molar-refractivity contribution in [2.24, 2.45) is 0 Å². The molecular weight excluding hydrogens is 330 g/mol. The molecule has 1 N–H and O–H groups in total. The van der Waals surface area contributed by atoms with Gasteiger partial charge in [-0.3, -0.25) is 4.79 Å². The van der Waals surface area contributed by atoms with Crippen LogP contribution >= 0.6 is 11.6 Å². The zero-order chi connectivity index (χ0) is 17.5. The summed E-state index contributed by atoms with van der Waals surface area (Å²) >= 11 is 6.11. The van der Waals surface area contributed by atoms with Crippen molar-refractivity contribution < 1.29 is 19.0 Å². The van der Waals surface area contributed by atoms with Crippen LogP contribution in [0.5, 0.6) is 17.2 Å². The van der Waals surface area contributed by atoms with Crippen molar-refractivity contribution in [2.75, 3.05) is 26.1 Å². The lowest BCUT2D eigenvalue weighted by atomic mass is 10.2. The average Bonchev–Trinajstić information content (AvgIpc) is 2.60. The molecule has 2 rings (SSSR count). The van der Waals surface area contributed by atoms with Gasteiger partial charge in [0.25, 0.3) is 5.91 Å². The summed E-state index contributed by atoms with van der Waals surface area (Å²) in [7, 11) is 3.03. The van der Waals surface area contributed by atoms with E-state index in [2.05, 4.69) is 5.32 Å². The first kappa shape index (κ1) is 17.9. The highest BCUT2D eigenvalue weighted by atomic mass is 35.5. The second-order valence-electron chi connectivity index (χ2n) is 5.01. The third-order valence-electron chi connectivity index (χ3n) is 3.31. The van der Waals surface area contributed by atoms with Crippen LogP contribution in [0.2, 0.25) is 5.02 Å². The molecule has 0 bridgehead atoms. The molecule has 0 spiro atoms. The van der Waals surface area contributed by atoms with Gasteiger partial charge in [0.15, 0.2) is 0 Å². The molecule has 0 aliphatic heterocycles. The second-order valence-corrected chi connectivity index (χ2v) is 5.42. The topological polar surface area (TPSA) is 56.8 Å². The first-order valence-corrected chi connectivity index (χ1v) is 7.92. The molecule has 1 amide bonds. The van der Waals surface area contributed by atoms with Gasteiger partial charge in [0.2, 0.25) is 0 Å². The molecule has 0 fully saturated rings. The first-order valence-electron chi connectivity index (χ1n) is 7.54. The molecule has 0 atom stereocenters. The monoisotopic (exact) mass is 349 g/mol. The lowest BCUT2D eigenvalue weighted by Gasteiger charge is -2.13. The zero-order valence-electron chi connectivity index (χ0n) is 13.9.